The molecular formula is C18H31NO2. The minimum Gasteiger partial charge on any atom is -0.378 e. The van der Waals surface area contributed by atoms with Gasteiger partial charge in [-0.2, -0.15) is 0 Å². The van der Waals surface area contributed by atoms with E-state index in [1.807, 2.05) is 20.8 Å². The molecule has 1 fully saturated rings. The molecule has 1 saturated heterocycles. The fourth-order valence-corrected chi connectivity index (χ4v) is 2.25. The highest BCUT2D eigenvalue weighted by molar-refractivity contribution is 5.44. The summed E-state index contributed by atoms with van der Waals surface area (Å²) in [4.78, 5) is 8.81. The van der Waals surface area contributed by atoms with Gasteiger partial charge in [-0.3, -0.25) is 0 Å². The number of carbonyl (C=O) groups excluding carboxylic acids is 1. The summed E-state index contributed by atoms with van der Waals surface area (Å²) >= 11 is 0. The molecule has 0 aliphatic carbocycles. The van der Waals surface area contributed by atoms with Crippen molar-refractivity contribution < 1.29 is 9.53 Å². The van der Waals surface area contributed by atoms with Crippen LogP contribution in [0, 0.1) is 0 Å². The van der Waals surface area contributed by atoms with Gasteiger partial charge in [0.25, 0.3) is 0 Å². The standard InChI is InChI=1S/C14H21NO.C2H4O.C2H6/c1-11(15)9-12-4-6-13(7-5-12)10-14-3-2-8-16-14;1-2-3;1-2/h4-7,11,14H,2-3,8-10,15H2,1H3;2H,1H3;1-2H3. The van der Waals surface area contributed by atoms with Crippen LogP contribution in [0.5, 0.6) is 0 Å². The number of benzene rings is 1. The molecule has 2 unspecified atom stereocenters. The summed E-state index contributed by atoms with van der Waals surface area (Å²) in [7, 11) is 0. The Labute approximate surface area is 129 Å². The minimum atomic E-state index is 0.240. The number of rotatable bonds is 4. The molecular weight excluding hydrogens is 262 g/mol. The molecule has 0 radical (unpaired) electrons. The Morgan fingerprint density at radius 3 is 2.24 bits per heavy atom. The van der Waals surface area contributed by atoms with E-state index in [-0.39, 0.29) is 6.04 Å². The van der Waals surface area contributed by atoms with Crippen LogP contribution in [0.1, 0.15) is 51.7 Å². The maximum atomic E-state index is 8.81. The van der Waals surface area contributed by atoms with Crippen LogP contribution >= 0.6 is 0 Å². The lowest BCUT2D eigenvalue weighted by Gasteiger charge is -2.10. The summed E-state index contributed by atoms with van der Waals surface area (Å²) in [6.07, 6.45) is 5.63. The highest BCUT2D eigenvalue weighted by atomic mass is 16.5. The largest absolute Gasteiger partial charge is 0.378 e. The third-order valence-electron chi connectivity index (χ3n) is 3.07. The summed E-state index contributed by atoms with van der Waals surface area (Å²) in [5.74, 6) is 0. The smallest absolute Gasteiger partial charge is 0.116 e. The normalized spacial score (nSPS) is 17.9. The average molecular weight is 293 g/mol. The lowest BCUT2D eigenvalue weighted by molar-refractivity contribution is -0.106. The van der Waals surface area contributed by atoms with Crippen molar-refractivity contribution in [1.29, 1.82) is 0 Å². The molecule has 1 aromatic carbocycles. The first-order valence-corrected chi connectivity index (χ1v) is 8.00. The third-order valence-corrected chi connectivity index (χ3v) is 3.07. The van der Waals surface area contributed by atoms with Crippen molar-refractivity contribution in [3.8, 4) is 0 Å². The second-order valence-electron chi connectivity index (χ2n) is 5.07. The predicted octanol–water partition coefficient (Wildman–Crippen LogP) is 3.53. The second-order valence-corrected chi connectivity index (χ2v) is 5.07. The average Bonchev–Trinajstić information content (AvgIpc) is 2.96. The van der Waals surface area contributed by atoms with Crippen molar-refractivity contribution in [3.05, 3.63) is 35.4 Å². The van der Waals surface area contributed by atoms with E-state index in [1.54, 1.807) is 0 Å². The summed E-state index contributed by atoms with van der Waals surface area (Å²) < 4.78 is 5.63. The first kappa shape index (κ1) is 19.8. The van der Waals surface area contributed by atoms with Crippen LogP contribution < -0.4 is 5.73 Å². The molecule has 2 atom stereocenters. The maximum absolute atomic E-state index is 8.81. The van der Waals surface area contributed by atoms with E-state index < -0.39 is 0 Å². The van der Waals surface area contributed by atoms with Gasteiger partial charge in [0.1, 0.15) is 6.29 Å². The van der Waals surface area contributed by atoms with Gasteiger partial charge in [0.15, 0.2) is 0 Å². The molecule has 2 rings (SSSR count). The van der Waals surface area contributed by atoms with Crippen LogP contribution in [0.25, 0.3) is 0 Å². The molecule has 0 saturated carbocycles. The molecule has 3 nitrogen and oxygen atoms in total. The fraction of sp³-hybridized carbons (Fsp3) is 0.611. The van der Waals surface area contributed by atoms with Crippen molar-refractivity contribution >= 4 is 6.29 Å². The topological polar surface area (TPSA) is 52.3 Å². The van der Waals surface area contributed by atoms with Crippen molar-refractivity contribution in [2.24, 2.45) is 5.73 Å². The zero-order valence-corrected chi connectivity index (χ0v) is 14.0. The van der Waals surface area contributed by atoms with Gasteiger partial charge >= 0.3 is 0 Å². The zero-order valence-electron chi connectivity index (χ0n) is 14.0. The van der Waals surface area contributed by atoms with Crippen molar-refractivity contribution in [2.45, 2.75) is 65.5 Å². The molecule has 0 bridgehead atoms. The molecule has 21 heavy (non-hydrogen) atoms. The van der Waals surface area contributed by atoms with E-state index >= 15 is 0 Å². The van der Waals surface area contributed by atoms with Crippen LogP contribution in [0.15, 0.2) is 24.3 Å². The number of aldehydes is 1. The Hall–Kier alpha value is -1.19. The number of hydrogen-bond acceptors (Lipinski definition) is 3. The van der Waals surface area contributed by atoms with Gasteiger partial charge in [-0.1, -0.05) is 38.1 Å². The number of carbonyl (C=O) groups is 1. The Morgan fingerprint density at radius 1 is 1.29 bits per heavy atom. The Morgan fingerprint density at radius 2 is 1.81 bits per heavy atom. The van der Waals surface area contributed by atoms with Gasteiger partial charge in [-0.15, -0.1) is 0 Å². The van der Waals surface area contributed by atoms with Gasteiger partial charge in [0.2, 0.25) is 0 Å². The minimum absolute atomic E-state index is 0.240. The summed E-state index contributed by atoms with van der Waals surface area (Å²) in [5, 5.41) is 0. The number of nitrogens with two attached hydrogens (primary N) is 1. The first-order valence-electron chi connectivity index (χ1n) is 8.00. The Kier molecular flexibility index (Phi) is 11.8. The van der Waals surface area contributed by atoms with Crippen LogP contribution in [0.4, 0.5) is 0 Å². The molecule has 1 aromatic rings. The highest BCUT2D eigenvalue weighted by Gasteiger charge is 2.15. The molecule has 1 aliphatic rings. The Balaban J connectivity index is 0.000000713. The van der Waals surface area contributed by atoms with E-state index in [4.69, 9.17) is 15.3 Å². The van der Waals surface area contributed by atoms with Crippen LogP contribution in [-0.4, -0.2) is 25.0 Å². The van der Waals surface area contributed by atoms with Crippen molar-refractivity contribution in [2.75, 3.05) is 6.61 Å². The van der Waals surface area contributed by atoms with Crippen molar-refractivity contribution in [3.63, 3.8) is 0 Å². The van der Waals surface area contributed by atoms with E-state index in [0.29, 0.717) is 6.10 Å². The lowest BCUT2D eigenvalue weighted by Crippen LogP contribution is -2.17. The van der Waals surface area contributed by atoms with E-state index in [2.05, 4.69) is 24.3 Å². The molecule has 1 aliphatic heterocycles. The second kappa shape index (κ2) is 12.5. The van der Waals surface area contributed by atoms with E-state index in [9.17, 15) is 0 Å². The number of ether oxygens (including phenoxy) is 1. The quantitative estimate of drug-likeness (QED) is 0.864. The van der Waals surface area contributed by atoms with Gasteiger partial charge in [-0.25, -0.2) is 0 Å². The molecule has 0 amide bonds. The summed E-state index contributed by atoms with van der Waals surface area (Å²) in [5.41, 5.74) is 8.47. The molecule has 0 aromatic heterocycles. The molecule has 120 valence electrons. The van der Waals surface area contributed by atoms with Gasteiger partial charge in [-0.05, 0) is 50.7 Å². The SMILES string of the molecule is CC.CC(N)Cc1ccc(CC2CCCO2)cc1.CC=O. The van der Waals surface area contributed by atoms with Gasteiger partial charge < -0.3 is 15.3 Å². The summed E-state index contributed by atoms with van der Waals surface area (Å²) in [6.45, 7) is 8.42. The van der Waals surface area contributed by atoms with Crippen LogP contribution in [-0.2, 0) is 22.4 Å². The fourth-order valence-electron chi connectivity index (χ4n) is 2.25. The molecule has 2 N–H and O–H groups in total. The van der Waals surface area contributed by atoms with Gasteiger partial charge in [0, 0.05) is 12.6 Å². The summed E-state index contributed by atoms with van der Waals surface area (Å²) in [6, 6.07) is 9.03. The highest BCUT2D eigenvalue weighted by Crippen LogP contribution is 2.17. The zero-order chi connectivity index (χ0) is 16.1. The number of hydrogen-bond donors (Lipinski definition) is 1. The molecule has 1 heterocycles. The molecule has 3 heteroatoms. The van der Waals surface area contributed by atoms with Crippen LogP contribution in [0.2, 0.25) is 0 Å². The predicted molar refractivity (Wildman–Crippen MR) is 89.6 cm³/mol. The first-order chi connectivity index (χ1) is 10.2. The van der Waals surface area contributed by atoms with E-state index in [1.165, 1.54) is 30.9 Å². The molecule has 0 spiro atoms. The monoisotopic (exact) mass is 293 g/mol. The third kappa shape index (κ3) is 9.38. The van der Waals surface area contributed by atoms with Gasteiger partial charge in [0.05, 0.1) is 6.10 Å². The Bertz CT molecular complexity index is 354. The van der Waals surface area contributed by atoms with Crippen molar-refractivity contribution in [1.82, 2.24) is 0 Å². The van der Waals surface area contributed by atoms with E-state index in [0.717, 1.165) is 25.7 Å². The lowest BCUT2D eigenvalue weighted by atomic mass is 10.0. The van der Waals surface area contributed by atoms with Crippen LogP contribution in [0.3, 0.4) is 0 Å². The maximum Gasteiger partial charge on any atom is 0.116 e.